The van der Waals surface area contributed by atoms with Gasteiger partial charge in [-0.3, -0.25) is 0 Å². The van der Waals surface area contributed by atoms with Gasteiger partial charge in [0.2, 0.25) is 0 Å². The molecule has 1 atom stereocenters. The van der Waals surface area contributed by atoms with Gasteiger partial charge in [-0.2, -0.15) is 0 Å². The quantitative estimate of drug-likeness (QED) is 0.823. The highest BCUT2D eigenvalue weighted by atomic mass is 32.2. The third kappa shape index (κ3) is 2.96. The lowest BCUT2D eigenvalue weighted by Crippen LogP contribution is -2.04. The third-order valence-electron chi connectivity index (χ3n) is 2.20. The van der Waals surface area contributed by atoms with Crippen molar-refractivity contribution in [2.75, 3.05) is 4.72 Å². The highest BCUT2D eigenvalue weighted by Crippen LogP contribution is 2.13. The Bertz CT molecular complexity index is 572. The Morgan fingerprint density at radius 3 is 2.53 bits per heavy atom. The number of terminal acetylenes is 1. The number of hydrogen-bond donors (Lipinski definition) is 1. The summed E-state index contributed by atoms with van der Waals surface area (Å²) >= 11 is 0. The van der Waals surface area contributed by atoms with Gasteiger partial charge in [0.1, 0.15) is 11.0 Å². The van der Waals surface area contributed by atoms with Crippen molar-refractivity contribution in [2.45, 2.75) is 4.90 Å². The molecule has 0 spiro atoms. The second-order valence-corrected chi connectivity index (χ2v) is 4.62. The standard InChI is InChI=1S/C14H11NOS/c1-2-12-7-6-8-13(11-12)15-17(16)14-9-4-3-5-10-14/h1,3-11,15H. The number of benzene rings is 2. The fourth-order valence-corrected chi connectivity index (χ4v) is 2.25. The van der Waals surface area contributed by atoms with Crippen LogP contribution in [0.5, 0.6) is 0 Å². The molecule has 0 fully saturated rings. The van der Waals surface area contributed by atoms with E-state index in [0.29, 0.717) is 0 Å². The lowest BCUT2D eigenvalue weighted by atomic mass is 10.2. The van der Waals surface area contributed by atoms with Crippen LogP contribution >= 0.6 is 0 Å². The molecule has 2 rings (SSSR count). The molecule has 3 heteroatoms. The van der Waals surface area contributed by atoms with Crippen molar-refractivity contribution >= 4 is 16.7 Å². The summed E-state index contributed by atoms with van der Waals surface area (Å²) in [5.74, 6) is 2.54. The second-order valence-electron chi connectivity index (χ2n) is 3.41. The smallest absolute Gasteiger partial charge is 0.150 e. The highest BCUT2D eigenvalue weighted by Gasteiger charge is 2.02. The molecule has 0 saturated carbocycles. The fourth-order valence-electron chi connectivity index (χ4n) is 1.38. The molecule has 0 aliphatic heterocycles. The summed E-state index contributed by atoms with van der Waals surface area (Å²) in [6, 6.07) is 16.5. The van der Waals surface area contributed by atoms with Crippen molar-refractivity contribution in [3.8, 4) is 12.3 Å². The monoisotopic (exact) mass is 241 g/mol. The Labute approximate surface area is 103 Å². The first-order valence-corrected chi connectivity index (χ1v) is 6.25. The predicted octanol–water partition coefficient (Wildman–Crippen LogP) is 2.80. The second kappa shape index (κ2) is 5.33. The van der Waals surface area contributed by atoms with E-state index in [4.69, 9.17) is 6.42 Å². The van der Waals surface area contributed by atoms with E-state index in [2.05, 4.69) is 10.6 Å². The minimum absolute atomic E-state index is 0.735. The molecule has 0 heterocycles. The first-order valence-electron chi connectivity index (χ1n) is 5.10. The van der Waals surface area contributed by atoms with Gasteiger partial charge in [-0.15, -0.1) is 6.42 Å². The molecule has 0 radical (unpaired) electrons. The first-order chi connectivity index (χ1) is 8.29. The van der Waals surface area contributed by atoms with Crippen molar-refractivity contribution < 1.29 is 4.21 Å². The van der Waals surface area contributed by atoms with Crippen LogP contribution in [-0.2, 0) is 11.0 Å². The van der Waals surface area contributed by atoms with Crippen molar-refractivity contribution in [2.24, 2.45) is 0 Å². The largest absolute Gasteiger partial charge is 0.301 e. The summed E-state index contributed by atoms with van der Waals surface area (Å²) in [7, 11) is -1.26. The van der Waals surface area contributed by atoms with Crippen molar-refractivity contribution in [3.63, 3.8) is 0 Å². The van der Waals surface area contributed by atoms with Gasteiger partial charge < -0.3 is 4.72 Å². The molecule has 0 aliphatic carbocycles. The average molecular weight is 241 g/mol. The van der Waals surface area contributed by atoms with E-state index in [1.807, 2.05) is 48.5 Å². The lowest BCUT2D eigenvalue weighted by molar-refractivity contribution is 0.686. The Kier molecular flexibility index (Phi) is 3.59. The van der Waals surface area contributed by atoms with Gasteiger partial charge >= 0.3 is 0 Å². The molecule has 0 bridgehead atoms. The Morgan fingerprint density at radius 1 is 1.06 bits per heavy atom. The zero-order chi connectivity index (χ0) is 12.1. The van der Waals surface area contributed by atoms with Gasteiger partial charge in [-0.1, -0.05) is 30.2 Å². The van der Waals surface area contributed by atoms with Gasteiger partial charge in [-0.25, -0.2) is 4.21 Å². The minimum atomic E-state index is -1.26. The number of nitrogens with one attached hydrogen (secondary N) is 1. The van der Waals surface area contributed by atoms with Gasteiger partial charge in [0, 0.05) is 11.3 Å². The normalized spacial score (nSPS) is 11.5. The van der Waals surface area contributed by atoms with Crippen LogP contribution in [0.2, 0.25) is 0 Å². The lowest BCUT2D eigenvalue weighted by Gasteiger charge is -2.06. The molecule has 17 heavy (non-hydrogen) atoms. The van der Waals surface area contributed by atoms with E-state index < -0.39 is 11.0 Å². The van der Waals surface area contributed by atoms with Gasteiger partial charge in [0.05, 0.1) is 4.90 Å². The molecule has 0 aromatic heterocycles. The molecule has 84 valence electrons. The van der Waals surface area contributed by atoms with Crippen LogP contribution in [-0.4, -0.2) is 4.21 Å². The molecule has 2 aromatic carbocycles. The maximum absolute atomic E-state index is 12.0. The zero-order valence-electron chi connectivity index (χ0n) is 9.09. The summed E-state index contributed by atoms with van der Waals surface area (Å²) in [6.45, 7) is 0. The molecular formula is C14H11NOS. The zero-order valence-corrected chi connectivity index (χ0v) is 9.91. The van der Waals surface area contributed by atoms with Crippen LogP contribution in [0.4, 0.5) is 5.69 Å². The first kappa shape index (κ1) is 11.4. The summed E-state index contributed by atoms with van der Waals surface area (Å²) in [6.07, 6.45) is 5.31. The van der Waals surface area contributed by atoms with Crippen LogP contribution in [0.1, 0.15) is 5.56 Å². The van der Waals surface area contributed by atoms with E-state index >= 15 is 0 Å². The van der Waals surface area contributed by atoms with Crippen LogP contribution in [0.3, 0.4) is 0 Å². The van der Waals surface area contributed by atoms with Crippen molar-refractivity contribution in [3.05, 3.63) is 60.2 Å². The van der Waals surface area contributed by atoms with Crippen molar-refractivity contribution in [1.82, 2.24) is 0 Å². The molecule has 1 N–H and O–H groups in total. The number of anilines is 1. The minimum Gasteiger partial charge on any atom is -0.301 e. The van der Waals surface area contributed by atoms with E-state index in [9.17, 15) is 4.21 Å². The molecule has 1 unspecified atom stereocenters. The molecule has 2 nitrogen and oxygen atoms in total. The van der Waals surface area contributed by atoms with Crippen LogP contribution in [0.15, 0.2) is 59.5 Å². The van der Waals surface area contributed by atoms with E-state index in [1.54, 1.807) is 6.07 Å². The summed E-state index contributed by atoms with van der Waals surface area (Å²) in [5, 5.41) is 0. The van der Waals surface area contributed by atoms with Gasteiger partial charge in [0.25, 0.3) is 0 Å². The maximum atomic E-state index is 12.0. The number of hydrogen-bond acceptors (Lipinski definition) is 1. The summed E-state index contributed by atoms with van der Waals surface area (Å²) < 4.78 is 14.9. The topological polar surface area (TPSA) is 29.1 Å². The molecule has 2 aromatic rings. The SMILES string of the molecule is C#Cc1cccc(NS(=O)c2ccccc2)c1. The van der Waals surface area contributed by atoms with E-state index in [1.165, 1.54) is 0 Å². The fraction of sp³-hybridized carbons (Fsp3) is 0. The Balaban J connectivity index is 2.17. The summed E-state index contributed by atoms with van der Waals surface area (Å²) in [5.41, 5.74) is 1.52. The Morgan fingerprint density at radius 2 is 1.82 bits per heavy atom. The third-order valence-corrected chi connectivity index (χ3v) is 3.32. The maximum Gasteiger partial charge on any atom is 0.150 e. The molecule has 0 saturated heterocycles. The van der Waals surface area contributed by atoms with Gasteiger partial charge in [-0.05, 0) is 30.3 Å². The molecular weight excluding hydrogens is 230 g/mol. The van der Waals surface area contributed by atoms with E-state index in [0.717, 1.165) is 16.1 Å². The number of rotatable bonds is 3. The summed E-state index contributed by atoms with van der Waals surface area (Å²) in [4.78, 5) is 0.735. The average Bonchev–Trinajstić information content (AvgIpc) is 2.40. The van der Waals surface area contributed by atoms with Crippen molar-refractivity contribution in [1.29, 1.82) is 0 Å². The molecule has 0 amide bonds. The van der Waals surface area contributed by atoms with Crippen LogP contribution in [0, 0.1) is 12.3 Å². The molecule has 0 aliphatic rings. The van der Waals surface area contributed by atoms with Gasteiger partial charge in [0.15, 0.2) is 0 Å². The van der Waals surface area contributed by atoms with E-state index in [-0.39, 0.29) is 0 Å². The Hall–Kier alpha value is -2.05. The van der Waals surface area contributed by atoms with Crippen LogP contribution in [0.25, 0.3) is 0 Å². The van der Waals surface area contributed by atoms with Crippen LogP contribution < -0.4 is 4.72 Å². The predicted molar refractivity (Wildman–Crippen MR) is 70.9 cm³/mol. The highest BCUT2D eigenvalue weighted by molar-refractivity contribution is 7.86.